The molecule has 2 nitrogen and oxygen atoms in total. The van der Waals surface area contributed by atoms with Crippen molar-refractivity contribution in [3.05, 3.63) is 23.0 Å². The monoisotopic (exact) mass is 206 g/mol. The van der Waals surface area contributed by atoms with Gasteiger partial charge in [-0.05, 0) is 18.1 Å². The van der Waals surface area contributed by atoms with Gasteiger partial charge in [0, 0.05) is 12.1 Å². The second kappa shape index (κ2) is 3.87. The van der Waals surface area contributed by atoms with E-state index in [9.17, 15) is 8.78 Å². The highest BCUT2D eigenvalue weighted by atomic mass is 35.5. The summed E-state index contributed by atoms with van der Waals surface area (Å²) in [5.41, 5.74) is 6.35. The molecule has 0 aliphatic heterocycles. The molecular weight excluding hydrogens is 198 g/mol. The molecule has 72 valence electrons. The third-order valence-corrected chi connectivity index (χ3v) is 2.08. The topological polar surface area (TPSA) is 38.9 Å². The molecule has 0 bridgehead atoms. The molecule has 0 saturated carbocycles. The zero-order chi connectivity index (χ0) is 10.0. The van der Waals surface area contributed by atoms with Gasteiger partial charge < -0.3 is 5.73 Å². The zero-order valence-electron chi connectivity index (χ0n) is 7.02. The molecule has 1 aromatic rings. The minimum absolute atomic E-state index is 0.00463. The van der Waals surface area contributed by atoms with E-state index in [-0.39, 0.29) is 17.3 Å². The van der Waals surface area contributed by atoms with Crippen molar-refractivity contribution in [3.8, 4) is 0 Å². The SMILES string of the molecule is Cc1cnc(C(F)F)c(N)c1CCl. The van der Waals surface area contributed by atoms with Crippen LogP contribution < -0.4 is 5.73 Å². The third kappa shape index (κ3) is 1.88. The van der Waals surface area contributed by atoms with Crippen LogP contribution in [0.1, 0.15) is 23.2 Å². The number of aromatic nitrogens is 1. The molecule has 0 spiro atoms. The lowest BCUT2D eigenvalue weighted by Gasteiger charge is -2.09. The molecule has 2 N–H and O–H groups in total. The molecule has 0 amide bonds. The Labute approximate surface area is 79.7 Å². The largest absolute Gasteiger partial charge is 0.397 e. The lowest BCUT2D eigenvalue weighted by Crippen LogP contribution is -2.04. The van der Waals surface area contributed by atoms with Gasteiger partial charge in [-0.15, -0.1) is 11.6 Å². The molecule has 0 aliphatic carbocycles. The average molecular weight is 207 g/mol. The fraction of sp³-hybridized carbons (Fsp3) is 0.375. The van der Waals surface area contributed by atoms with Crippen LogP contribution in [-0.2, 0) is 5.88 Å². The van der Waals surface area contributed by atoms with Gasteiger partial charge in [-0.1, -0.05) is 0 Å². The third-order valence-electron chi connectivity index (χ3n) is 1.81. The van der Waals surface area contributed by atoms with Gasteiger partial charge >= 0.3 is 0 Å². The van der Waals surface area contributed by atoms with E-state index in [0.717, 1.165) is 5.56 Å². The average Bonchev–Trinajstić information content (AvgIpc) is 2.04. The number of pyridine rings is 1. The predicted octanol–water partition coefficient (Wildman–Crippen LogP) is 2.65. The molecule has 0 radical (unpaired) electrons. The molecule has 13 heavy (non-hydrogen) atoms. The number of rotatable bonds is 2. The van der Waals surface area contributed by atoms with Crippen molar-refractivity contribution < 1.29 is 8.78 Å². The molecule has 1 rings (SSSR count). The van der Waals surface area contributed by atoms with Crippen LogP contribution in [0.5, 0.6) is 0 Å². The van der Waals surface area contributed by atoms with Crippen LogP contribution in [0.4, 0.5) is 14.5 Å². The summed E-state index contributed by atoms with van der Waals surface area (Å²) >= 11 is 5.56. The minimum Gasteiger partial charge on any atom is -0.397 e. The highest BCUT2D eigenvalue weighted by molar-refractivity contribution is 6.17. The van der Waals surface area contributed by atoms with E-state index < -0.39 is 6.43 Å². The Morgan fingerprint density at radius 1 is 1.62 bits per heavy atom. The maximum atomic E-state index is 12.3. The number of nitrogens with two attached hydrogens (primary N) is 1. The predicted molar refractivity (Wildman–Crippen MR) is 47.9 cm³/mol. The van der Waals surface area contributed by atoms with Crippen LogP contribution in [0.25, 0.3) is 0 Å². The van der Waals surface area contributed by atoms with Gasteiger partial charge in [-0.3, -0.25) is 4.98 Å². The van der Waals surface area contributed by atoms with Gasteiger partial charge in [0.2, 0.25) is 0 Å². The number of hydrogen-bond donors (Lipinski definition) is 1. The van der Waals surface area contributed by atoms with Crippen LogP contribution >= 0.6 is 11.6 Å². The summed E-state index contributed by atoms with van der Waals surface area (Å²) in [5.74, 6) is 0.125. The van der Waals surface area contributed by atoms with Gasteiger partial charge in [0.1, 0.15) is 5.69 Å². The highest BCUT2D eigenvalue weighted by Crippen LogP contribution is 2.28. The Hall–Kier alpha value is -0.900. The maximum absolute atomic E-state index is 12.3. The molecule has 0 saturated heterocycles. The van der Waals surface area contributed by atoms with Crippen LogP contribution in [-0.4, -0.2) is 4.98 Å². The van der Waals surface area contributed by atoms with Crippen LogP contribution in [0.15, 0.2) is 6.20 Å². The summed E-state index contributed by atoms with van der Waals surface area (Å²) in [6.45, 7) is 1.73. The molecule has 0 fully saturated rings. The summed E-state index contributed by atoms with van der Waals surface area (Å²) in [6.07, 6.45) is -1.29. The summed E-state index contributed by atoms with van der Waals surface area (Å²) < 4.78 is 24.6. The van der Waals surface area contributed by atoms with E-state index in [1.165, 1.54) is 6.20 Å². The second-order valence-electron chi connectivity index (χ2n) is 2.65. The van der Waals surface area contributed by atoms with Crippen molar-refractivity contribution in [3.63, 3.8) is 0 Å². The standard InChI is InChI=1S/C8H9ClF2N2/c1-4-3-13-7(8(10)11)6(12)5(4)2-9/h3,8H,2,12H2,1H3. The van der Waals surface area contributed by atoms with E-state index in [4.69, 9.17) is 17.3 Å². The fourth-order valence-electron chi connectivity index (χ4n) is 1.03. The van der Waals surface area contributed by atoms with Crippen molar-refractivity contribution in [2.75, 3.05) is 5.73 Å². The Kier molecular flexibility index (Phi) is 3.03. The lowest BCUT2D eigenvalue weighted by atomic mass is 10.1. The number of nitrogens with zero attached hydrogens (tertiary/aromatic N) is 1. The maximum Gasteiger partial charge on any atom is 0.282 e. The number of anilines is 1. The van der Waals surface area contributed by atoms with Gasteiger partial charge in [-0.25, -0.2) is 8.78 Å². The van der Waals surface area contributed by atoms with E-state index in [0.29, 0.717) is 5.56 Å². The summed E-state index contributed by atoms with van der Waals surface area (Å²) in [6, 6.07) is 0. The number of nitrogen functional groups attached to an aromatic ring is 1. The molecule has 1 aromatic heterocycles. The van der Waals surface area contributed by atoms with Gasteiger partial charge in [0.25, 0.3) is 6.43 Å². The van der Waals surface area contributed by atoms with Crippen molar-refractivity contribution in [1.29, 1.82) is 0 Å². The molecule has 5 heteroatoms. The van der Waals surface area contributed by atoms with Gasteiger partial charge in [0.05, 0.1) is 5.69 Å². The van der Waals surface area contributed by atoms with Crippen LogP contribution in [0, 0.1) is 6.92 Å². The zero-order valence-corrected chi connectivity index (χ0v) is 7.78. The number of halogens is 3. The number of alkyl halides is 3. The van der Waals surface area contributed by atoms with Crippen LogP contribution in [0.3, 0.4) is 0 Å². The minimum atomic E-state index is -2.65. The fourth-order valence-corrected chi connectivity index (χ4v) is 1.39. The first-order chi connectivity index (χ1) is 6.07. The normalized spacial score (nSPS) is 10.8. The Bertz CT molecular complexity index is 315. The lowest BCUT2D eigenvalue weighted by molar-refractivity contribution is 0.147. The quantitative estimate of drug-likeness (QED) is 0.756. The summed E-state index contributed by atoms with van der Waals surface area (Å²) in [7, 11) is 0. The molecule has 0 aliphatic rings. The van der Waals surface area contributed by atoms with Gasteiger partial charge in [-0.2, -0.15) is 0 Å². The van der Waals surface area contributed by atoms with Crippen molar-refractivity contribution in [1.82, 2.24) is 4.98 Å². The smallest absolute Gasteiger partial charge is 0.282 e. The van der Waals surface area contributed by atoms with Crippen LogP contribution in [0.2, 0.25) is 0 Å². The highest BCUT2D eigenvalue weighted by Gasteiger charge is 2.16. The molecular formula is C8H9ClF2N2. The first-order valence-corrected chi connectivity index (χ1v) is 4.19. The van der Waals surface area contributed by atoms with Gasteiger partial charge in [0.15, 0.2) is 0 Å². The van der Waals surface area contributed by atoms with E-state index in [1.807, 2.05) is 0 Å². The summed E-state index contributed by atoms with van der Waals surface area (Å²) in [4.78, 5) is 3.55. The van der Waals surface area contributed by atoms with E-state index in [1.54, 1.807) is 6.92 Å². The first kappa shape index (κ1) is 10.2. The summed E-state index contributed by atoms with van der Waals surface area (Å²) in [5, 5.41) is 0. The number of hydrogen-bond acceptors (Lipinski definition) is 2. The van der Waals surface area contributed by atoms with E-state index in [2.05, 4.69) is 4.98 Å². The van der Waals surface area contributed by atoms with Crippen molar-refractivity contribution in [2.24, 2.45) is 0 Å². The number of aryl methyl sites for hydroxylation is 1. The molecule has 0 unspecified atom stereocenters. The van der Waals surface area contributed by atoms with Crippen molar-refractivity contribution in [2.45, 2.75) is 19.2 Å². The molecule has 1 heterocycles. The Balaban J connectivity index is 3.27. The first-order valence-electron chi connectivity index (χ1n) is 3.66. The van der Waals surface area contributed by atoms with Crippen molar-refractivity contribution >= 4 is 17.3 Å². The second-order valence-corrected chi connectivity index (χ2v) is 2.92. The molecule has 0 aromatic carbocycles. The Morgan fingerprint density at radius 2 is 2.23 bits per heavy atom. The van der Waals surface area contributed by atoms with E-state index >= 15 is 0 Å². The Morgan fingerprint density at radius 3 is 2.69 bits per heavy atom. The molecule has 0 atom stereocenters.